The molecule has 2 aromatic rings. The van der Waals surface area contributed by atoms with Crippen LogP contribution in [0.2, 0.25) is 0 Å². The summed E-state index contributed by atoms with van der Waals surface area (Å²) in [5.41, 5.74) is 0.136. The number of benzene rings is 1. The summed E-state index contributed by atoms with van der Waals surface area (Å²) in [6.07, 6.45) is 4.88. The molecule has 1 heterocycles. The highest BCUT2D eigenvalue weighted by molar-refractivity contribution is 9.10. The molecule has 0 saturated heterocycles. The van der Waals surface area contributed by atoms with Crippen LogP contribution in [-0.2, 0) is 16.1 Å². The number of nitrogens with one attached hydrogen (secondary N) is 2. The number of rotatable bonds is 7. The minimum Gasteiger partial charge on any atom is -0.459 e. The molecular formula is C20H27BrN4O3. The number of halogens is 1. The largest absolute Gasteiger partial charge is 0.459 e. The van der Waals surface area contributed by atoms with E-state index in [2.05, 4.69) is 31.5 Å². The van der Waals surface area contributed by atoms with E-state index in [-0.39, 0.29) is 24.6 Å². The molecule has 2 amide bonds. The third kappa shape index (κ3) is 6.99. The first-order chi connectivity index (χ1) is 13.2. The van der Waals surface area contributed by atoms with Crippen molar-refractivity contribution in [1.29, 1.82) is 0 Å². The Hall–Kier alpha value is -2.35. The maximum absolute atomic E-state index is 12.4. The van der Waals surface area contributed by atoms with E-state index < -0.39 is 5.60 Å². The Bertz CT molecular complexity index is 797. The molecule has 2 N–H and O–H groups in total. The average molecular weight is 451 g/mol. The molecule has 2 rings (SSSR count). The van der Waals surface area contributed by atoms with Gasteiger partial charge in [0.2, 0.25) is 0 Å². The van der Waals surface area contributed by atoms with E-state index in [1.54, 1.807) is 17.0 Å². The number of nitrogens with zero attached hydrogens (tertiary/aromatic N) is 2. The fraction of sp³-hybridized carbons (Fsp3) is 0.450. The molecule has 8 heteroatoms. The lowest BCUT2D eigenvalue weighted by Crippen LogP contribution is -2.34. The molecule has 1 unspecified atom stereocenters. The van der Waals surface area contributed by atoms with E-state index in [4.69, 9.17) is 4.74 Å². The normalized spacial score (nSPS) is 12.3. The number of hydrogen-bond donors (Lipinski definition) is 2. The lowest BCUT2D eigenvalue weighted by atomic mass is 10.1. The van der Waals surface area contributed by atoms with Crippen LogP contribution in [0, 0.1) is 0 Å². The Labute approximate surface area is 174 Å². The van der Waals surface area contributed by atoms with E-state index in [0.717, 1.165) is 10.9 Å². The number of urea groups is 1. The highest BCUT2D eigenvalue weighted by Crippen LogP contribution is 2.19. The number of imidazole rings is 1. The first-order valence-corrected chi connectivity index (χ1v) is 10.0. The van der Waals surface area contributed by atoms with Crippen LogP contribution in [0.5, 0.6) is 0 Å². The van der Waals surface area contributed by atoms with Gasteiger partial charge in [0.15, 0.2) is 0 Å². The second-order valence-electron chi connectivity index (χ2n) is 7.45. The predicted molar refractivity (Wildman–Crippen MR) is 112 cm³/mol. The molecule has 1 atom stereocenters. The van der Waals surface area contributed by atoms with Crippen molar-refractivity contribution >= 4 is 33.6 Å². The van der Waals surface area contributed by atoms with E-state index in [1.165, 1.54) is 0 Å². The summed E-state index contributed by atoms with van der Waals surface area (Å²) < 4.78 is 8.04. The van der Waals surface area contributed by atoms with Crippen LogP contribution >= 0.6 is 15.9 Å². The van der Waals surface area contributed by atoms with Gasteiger partial charge in [0, 0.05) is 22.6 Å². The van der Waals surface area contributed by atoms with Crippen molar-refractivity contribution in [3.8, 4) is 0 Å². The monoisotopic (exact) mass is 450 g/mol. The molecule has 0 fully saturated rings. The van der Waals surface area contributed by atoms with Gasteiger partial charge < -0.3 is 19.9 Å². The lowest BCUT2D eigenvalue weighted by molar-refractivity contribution is -0.155. The summed E-state index contributed by atoms with van der Waals surface area (Å²) in [5.74, 6) is 0.278. The summed E-state index contributed by atoms with van der Waals surface area (Å²) in [5, 5.41) is 5.76. The van der Waals surface area contributed by atoms with E-state index in [1.807, 2.05) is 52.0 Å². The van der Waals surface area contributed by atoms with Gasteiger partial charge in [-0.2, -0.15) is 0 Å². The Morgan fingerprint density at radius 2 is 1.93 bits per heavy atom. The summed E-state index contributed by atoms with van der Waals surface area (Å²) in [7, 11) is 0. The highest BCUT2D eigenvalue weighted by Gasteiger charge is 2.22. The fourth-order valence-corrected chi connectivity index (χ4v) is 2.95. The van der Waals surface area contributed by atoms with Crippen LogP contribution in [0.1, 0.15) is 52.4 Å². The number of amides is 2. The zero-order chi connectivity index (χ0) is 20.7. The van der Waals surface area contributed by atoms with Gasteiger partial charge in [-0.05, 0) is 51.5 Å². The molecule has 0 radical (unpaired) electrons. The summed E-state index contributed by atoms with van der Waals surface area (Å²) in [4.78, 5) is 29.0. The number of aromatic nitrogens is 2. The van der Waals surface area contributed by atoms with E-state index >= 15 is 0 Å². The van der Waals surface area contributed by atoms with Gasteiger partial charge in [0.1, 0.15) is 18.0 Å². The first kappa shape index (κ1) is 21.9. The molecule has 0 bridgehead atoms. The zero-order valence-electron chi connectivity index (χ0n) is 16.7. The van der Waals surface area contributed by atoms with Gasteiger partial charge in [0.25, 0.3) is 0 Å². The first-order valence-electron chi connectivity index (χ1n) is 9.24. The molecule has 28 heavy (non-hydrogen) atoms. The SMILES string of the molecule is CCCC(NC(=O)Nc1ccc(Br)cc1)c1nccn1CC(=O)OC(C)(C)C. The van der Waals surface area contributed by atoms with Crippen LogP contribution < -0.4 is 10.6 Å². The standard InChI is InChI=1S/C20H27BrN4O3/c1-5-6-16(24-19(27)23-15-9-7-14(21)8-10-15)18-22-11-12-25(18)13-17(26)28-20(2,3)4/h7-12,16H,5-6,13H2,1-4H3,(H2,23,24,27). The van der Waals surface area contributed by atoms with Crippen LogP contribution in [-0.4, -0.2) is 27.2 Å². The van der Waals surface area contributed by atoms with E-state index in [0.29, 0.717) is 17.9 Å². The lowest BCUT2D eigenvalue weighted by Gasteiger charge is -2.22. The molecule has 7 nitrogen and oxygen atoms in total. The average Bonchev–Trinajstić information content (AvgIpc) is 3.02. The van der Waals surface area contributed by atoms with Crippen molar-refractivity contribution in [2.24, 2.45) is 0 Å². The molecular weight excluding hydrogens is 424 g/mol. The topological polar surface area (TPSA) is 85.3 Å². The van der Waals surface area contributed by atoms with Crippen LogP contribution in [0.3, 0.4) is 0 Å². The third-order valence-electron chi connectivity index (χ3n) is 3.76. The highest BCUT2D eigenvalue weighted by atomic mass is 79.9. The van der Waals surface area contributed by atoms with Crippen molar-refractivity contribution in [3.05, 3.63) is 47.0 Å². The number of carbonyl (C=O) groups is 2. The summed E-state index contributed by atoms with van der Waals surface area (Å²) in [6, 6.07) is 6.67. The van der Waals surface area contributed by atoms with Gasteiger partial charge >= 0.3 is 12.0 Å². The number of anilines is 1. The van der Waals surface area contributed by atoms with Gasteiger partial charge in [-0.1, -0.05) is 29.3 Å². The molecule has 0 aliphatic rings. The van der Waals surface area contributed by atoms with Crippen LogP contribution in [0.25, 0.3) is 0 Å². The predicted octanol–water partition coefficient (Wildman–Crippen LogP) is 4.65. The number of carbonyl (C=O) groups excluding carboxylic acids is 2. The quantitative estimate of drug-likeness (QED) is 0.601. The molecule has 1 aromatic heterocycles. The van der Waals surface area contributed by atoms with Crippen molar-refractivity contribution < 1.29 is 14.3 Å². The van der Waals surface area contributed by atoms with Crippen LogP contribution in [0.4, 0.5) is 10.5 Å². The Balaban J connectivity index is 2.07. The van der Waals surface area contributed by atoms with Crippen molar-refractivity contribution in [2.75, 3.05) is 5.32 Å². The summed E-state index contributed by atoms with van der Waals surface area (Å²) >= 11 is 3.37. The van der Waals surface area contributed by atoms with Gasteiger partial charge in [-0.25, -0.2) is 9.78 Å². The second kappa shape index (κ2) is 9.73. The molecule has 0 aliphatic heterocycles. The van der Waals surface area contributed by atoms with Gasteiger partial charge in [-0.3, -0.25) is 4.79 Å². The number of esters is 1. The number of hydrogen-bond acceptors (Lipinski definition) is 4. The van der Waals surface area contributed by atoms with Gasteiger partial charge in [0.05, 0.1) is 6.04 Å². The molecule has 0 aliphatic carbocycles. The van der Waals surface area contributed by atoms with Crippen molar-refractivity contribution in [2.45, 2.75) is 58.7 Å². The van der Waals surface area contributed by atoms with Crippen molar-refractivity contribution in [1.82, 2.24) is 14.9 Å². The summed E-state index contributed by atoms with van der Waals surface area (Å²) in [6.45, 7) is 7.56. The Kier molecular flexibility index (Phi) is 7.62. The van der Waals surface area contributed by atoms with Gasteiger partial charge in [-0.15, -0.1) is 0 Å². The molecule has 0 saturated carbocycles. The molecule has 0 spiro atoms. The minimum atomic E-state index is -0.552. The zero-order valence-corrected chi connectivity index (χ0v) is 18.2. The molecule has 152 valence electrons. The maximum Gasteiger partial charge on any atom is 0.326 e. The van der Waals surface area contributed by atoms with Crippen molar-refractivity contribution in [3.63, 3.8) is 0 Å². The Morgan fingerprint density at radius 3 is 2.54 bits per heavy atom. The fourth-order valence-electron chi connectivity index (χ4n) is 2.69. The second-order valence-corrected chi connectivity index (χ2v) is 8.36. The minimum absolute atomic E-state index is 0.0445. The van der Waals surface area contributed by atoms with E-state index in [9.17, 15) is 9.59 Å². The number of ether oxygens (including phenoxy) is 1. The molecule has 1 aromatic carbocycles. The maximum atomic E-state index is 12.4. The van der Waals surface area contributed by atoms with Crippen LogP contribution in [0.15, 0.2) is 41.1 Å². The third-order valence-corrected chi connectivity index (χ3v) is 4.29. The smallest absolute Gasteiger partial charge is 0.326 e. The Morgan fingerprint density at radius 1 is 1.25 bits per heavy atom.